The van der Waals surface area contributed by atoms with Gasteiger partial charge < -0.3 is 10.4 Å². The Morgan fingerprint density at radius 3 is 2.67 bits per heavy atom. The molecular weight excluding hydrogens is 378 g/mol. The molecule has 0 radical (unpaired) electrons. The minimum Gasteiger partial charge on any atom is -0.394 e. The van der Waals surface area contributed by atoms with Crippen molar-refractivity contribution in [1.29, 1.82) is 0 Å². The maximum atomic E-state index is 9.48. The van der Waals surface area contributed by atoms with Gasteiger partial charge in [0.1, 0.15) is 0 Å². The number of aliphatic hydroxyl groups excluding tert-OH is 1. The molecule has 96 valence electrons. The van der Waals surface area contributed by atoms with E-state index in [1.54, 1.807) is 11.3 Å². The molecule has 0 bridgehead atoms. The highest BCUT2D eigenvalue weighted by atomic mass is 79.9. The number of halogens is 2. The zero-order valence-corrected chi connectivity index (χ0v) is 13.6. The summed E-state index contributed by atoms with van der Waals surface area (Å²) in [5.74, 6) is 0. The van der Waals surface area contributed by atoms with Crippen LogP contribution in [0, 0.1) is 0 Å². The predicted molar refractivity (Wildman–Crippen MR) is 82.8 cm³/mol. The van der Waals surface area contributed by atoms with E-state index in [9.17, 15) is 5.11 Å². The Hall–Kier alpha value is -0.200. The quantitative estimate of drug-likeness (QED) is 0.805. The zero-order valence-electron chi connectivity index (χ0n) is 9.57. The third-order valence-electron chi connectivity index (χ3n) is 2.63. The van der Waals surface area contributed by atoms with Crippen LogP contribution in [0.5, 0.6) is 0 Å². The fourth-order valence-corrected chi connectivity index (χ4v) is 2.95. The number of benzene rings is 1. The zero-order chi connectivity index (χ0) is 13.0. The Labute approximate surface area is 127 Å². The molecule has 2 rings (SSSR count). The second-order valence-electron chi connectivity index (χ2n) is 3.87. The molecule has 1 aromatic carbocycles. The van der Waals surface area contributed by atoms with Crippen molar-refractivity contribution in [2.75, 3.05) is 6.61 Å². The molecule has 0 aliphatic heterocycles. The second-order valence-corrected chi connectivity index (χ2v) is 6.61. The van der Waals surface area contributed by atoms with Crippen LogP contribution in [0.1, 0.15) is 16.5 Å². The van der Waals surface area contributed by atoms with E-state index in [1.807, 2.05) is 24.3 Å². The first-order chi connectivity index (χ1) is 8.70. The summed E-state index contributed by atoms with van der Waals surface area (Å²) < 4.78 is 2.01. The Bertz CT molecular complexity index is 502. The smallest absolute Gasteiger partial charge is 0.0626 e. The number of aliphatic hydroxyl groups is 1. The summed E-state index contributed by atoms with van der Waals surface area (Å²) >= 11 is 8.64. The van der Waals surface area contributed by atoms with Crippen LogP contribution in [-0.2, 0) is 6.54 Å². The standard InChI is InChI=1S/C13H13Br2NOS/c14-11-4-3-9(6-12(11)15)13(8-17)16-7-10-2-1-5-18-10/h1-6,13,16-17H,7-8H2. The molecule has 18 heavy (non-hydrogen) atoms. The Morgan fingerprint density at radius 1 is 1.22 bits per heavy atom. The SMILES string of the molecule is OCC(NCc1cccs1)c1ccc(Br)c(Br)c1. The highest BCUT2D eigenvalue weighted by Crippen LogP contribution is 2.26. The summed E-state index contributed by atoms with van der Waals surface area (Å²) in [6.07, 6.45) is 0. The first-order valence-electron chi connectivity index (χ1n) is 5.52. The topological polar surface area (TPSA) is 32.3 Å². The lowest BCUT2D eigenvalue weighted by Gasteiger charge is -2.17. The summed E-state index contributed by atoms with van der Waals surface area (Å²) in [6.45, 7) is 0.857. The maximum Gasteiger partial charge on any atom is 0.0626 e. The van der Waals surface area contributed by atoms with Gasteiger partial charge in [-0.2, -0.15) is 0 Å². The molecule has 1 aromatic heterocycles. The van der Waals surface area contributed by atoms with Gasteiger partial charge in [-0.15, -0.1) is 11.3 Å². The van der Waals surface area contributed by atoms with Crippen molar-refractivity contribution in [3.8, 4) is 0 Å². The fourth-order valence-electron chi connectivity index (χ4n) is 1.65. The maximum absolute atomic E-state index is 9.48. The van der Waals surface area contributed by atoms with Crippen molar-refractivity contribution in [3.63, 3.8) is 0 Å². The predicted octanol–water partition coefficient (Wildman–Crippen LogP) is 4.10. The van der Waals surface area contributed by atoms with E-state index >= 15 is 0 Å². The van der Waals surface area contributed by atoms with Gasteiger partial charge >= 0.3 is 0 Å². The molecule has 0 aliphatic carbocycles. The first kappa shape index (κ1) is 14.2. The van der Waals surface area contributed by atoms with E-state index in [2.05, 4.69) is 48.6 Å². The summed E-state index contributed by atoms with van der Waals surface area (Å²) in [6, 6.07) is 10.1. The molecule has 0 amide bonds. The van der Waals surface area contributed by atoms with Gasteiger partial charge in [-0.1, -0.05) is 12.1 Å². The summed E-state index contributed by atoms with van der Waals surface area (Å²) in [7, 11) is 0. The molecule has 0 spiro atoms. The Balaban J connectivity index is 2.05. The Kier molecular flexibility index (Phi) is 5.38. The molecule has 0 aliphatic rings. The van der Waals surface area contributed by atoms with Crippen LogP contribution in [0.3, 0.4) is 0 Å². The van der Waals surface area contributed by atoms with Crippen molar-refractivity contribution < 1.29 is 5.11 Å². The van der Waals surface area contributed by atoms with Crippen LogP contribution in [0.15, 0.2) is 44.7 Å². The largest absolute Gasteiger partial charge is 0.394 e. The highest BCUT2D eigenvalue weighted by molar-refractivity contribution is 9.13. The van der Waals surface area contributed by atoms with Gasteiger partial charge in [-0.25, -0.2) is 0 Å². The minimum absolute atomic E-state index is 0.0449. The molecule has 0 saturated heterocycles. The molecule has 5 heteroatoms. The summed E-state index contributed by atoms with van der Waals surface area (Å²) in [4.78, 5) is 1.27. The number of nitrogens with one attached hydrogen (secondary N) is 1. The van der Waals surface area contributed by atoms with Gasteiger partial charge in [0.2, 0.25) is 0 Å². The fraction of sp³-hybridized carbons (Fsp3) is 0.231. The van der Waals surface area contributed by atoms with Gasteiger partial charge in [0, 0.05) is 20.4 Å². The van der Waals surface area contributed by atoms with Gasteiger partial charge in [-0.3, -0.25) is 0 Å². The first-order valence-corrected chi connectivity index (χ1v) is 7.99. The summed E-state index contributed by atoms with van der Waals surface area (Å²) in [5, 5.41) is 14.9. The third-order valence-corrected chi connectivity index (χ3v) is 5.39. The van der Waals surface area contributed by atoms with Crippen LogP contribution in [0.25, 0.3) is 0 Å². The van der Waals surface area contributed by atoms with E-state index in [1.165, 1.54) is 4.88 Å². The van der Waals surface area contributed by atoms with Crippen LogP contribution in [0.4, 0.5) is 0 Å². The van der Waals surface area contributed by atoms with Gasteiger partial charge in [0.25, 0.3) is 0 Å². The molecule has 2 aromatic rings. The van der Waals surface area contributed by atoms with Crippen molar-refractivity contribution in [1.82, 2.24) is 5.32 Å². The van der Waals surface area contributed by atoms with Gasteiger partial charge in [0.15, 0.2) is 0 Å². The van der Waals surface area contributed by atoms with Crippen LogP contribution >= 0.6 is 43.2 Å². The number of rotatable bonds is 5. The van der Waals surface area contributed by atoms with Crippen molar-refractivity contribution in [2.24, 2.45) is 0 Å². The average Bonchev–Trinajstić information content (AvgIpc) is 2.87. The molecule has 2 N–H and O–H groups in total. The highest BCUT2D eigenvalue weighted by Gasteiger charge is 2.11. The van der Waals surface area contributed by atoms with E-state index in [4.69, 9.17) is 0 Å². The van der Waals surface area contributed by atoms with Crippen LogP contribution < -0.4 is 5.32 Å². The lowest BCUT2D eigenvalue weighted by atomic mass is 10.1. The minimum atomic E-state index is -0.0449. The van der Waals surface area contributed by atoms with E-state index in [0.717, 1.165) is 21.1 Å². The number of thiophene rings is 1. The molecule has 2 nitrogen and oxygen atoms in total. The molecule has 1 heterocycles. The number of hydrogen-bond donors (Lipinski definition) is 2. The van der Waals surface area contributed by atoms with Gasteiger partial charge in [0.05, 0.1) is 12.6 Å². The van der Waals surface area contributed by atoms with E-state index in [0.29, 0.717) is 0 Å². The Morgan fingerprint density at radius 2 is 2.06 bits per heavy atom. The molecule has 1 atom stereocenters. The number of hydrogen-bond acceptors (Lipinski definition) is 3. The average molecular weight is 391 g/mol. The van der Waals surface area contributed by atoms with Crippen molar-refractivity contribution in [2.45, 2.75) is 12.6 Å². The third kappa shape index (κ3) is 3.65. The molecule has 0 fully saturated rings. The normalized spacial score (nSPS) is 12.6. The van der Waals surface area contributed by atoms with Crippen molar-refractivity contribution >= 4 is 43.2 Å². The lowest BCUT2D eigenvalue weighted by Crippen LogP contribution is -2.23. The van der Waals surface area contributed by atoms with Crippen molar-refractivity contribution in [3.05, 3.63) is 55.1 Å². The molecular formula is C13H13Br2NOS. The second kappa shape index (κ2) is 6.82. The lowest BCUT2D eigenvalue weighted by molar-refractivity contribution is 0.244. The monoisotopic (exact) mass is 389 g/mol. The van der Waals surface area contributed by atoms with Gasteiger partial charge in [-0.05, 0) is 61.0 Å². The summed E-state index contributed by atoms with van der Waals surface area (Å²) in [5.41, 5.74) is 1.07. The van der Waals surface area contributed by atoms with Crippen LogP contribution in [-0.4, -0.2) is 11.7 Å². The molecule has 1 unspecified atom stereocenters. The van der Waals surface area contributed by atoms with E-state index < -0.39 is 0 Å². The van der Waals surface area contributed by atoms with Crippen LogP contribution in [0.2, 0.25) is 0 Å². The molecule has 0 saturated carbocycles. The van der Waals surface area contributed by atoms with E-state index in [-0.39, 0.29) is 12.6 Å².